The number of halogens is 6. The first-order chi connectivity index (χ1) is 17.7. The molecule has 2 unspecified atom stereocenters. The molecule has 10 heteroatoms. The van der Waals surface area contributed by atoms with Gasteiger partial charge < -0.3 is 9.64 Å². The highest BCUT2D eigenvalue weighted by Crippen LogP contribution is 2.51. The molecule has 1 heterocycles. The summed E-state index contributed by atoms with van der Waals surface area (Å²) < 4.78 is 6.59. The number of aryl methyl sites for hydroxylation is 2. The third kappa shape index (κ3) is 7.50. The molecule has 0 bridgehead atoms. The van der Waals surface area contributed by atoms with E-state index in [1.165, 1.54) is 27.8 Å². The minimum absolute atomic E-state index is 0.184. The first kappa shape index (κ1) is 30.6. The highest BCUT2D eigenvalue weighted by atomic mass is 35.8. The van der Waals surface area contributed by atoms with Gasteiger partial charge >= 0.3 is 12.0 Å². The zero-order valence-corrected chi connectivity index (χ0v) is 28.6. The third-order valence-corrected chi connectivity index (χ3v) is 12.9. The van der Waals surface area contributed by atoms with Gasteiger partial charge in [0.2, 0.25) is 0 Å². The van der Waals surface area contributed by atoms with Gasteiger partial charge in [0, 0.05) is 5.92 Å². The van der Waals surface area contributed by atoms with Crippen LogP contribution >= 0.6 is 66.5 Å². The van der Waals surface area contributed by atoms with Crippen LogP contribution < -0.4 is 9.64 Å². The van der Waals surface area contributed by atoms with Crippen molar-refractivity contribution < 1.29 is 4.74 Å². The Labute approximate surface area is 257 Å². The predicted octanol–water partition coefficient (Wildman–Crippen LogP) is 11.4. The Balaban J connectivity index is 1.71. The molecule has 0 N–H and O–H groups in total. The molecular formula is C28H33Cl6NOSi2. The Kier molecular flexibility index (Phi) is 9.91. The molecule has 0 spiro atoms. The number of hydrogen-bond donors (Lipinski definition) is 0. The fraction of sp³-hybridized carbons (Fsp3) is 0.429. The summed E-state index contributed by atoms with van der Waals surface area (Å²) in [6.45, 7) is 8.99. The van der Waals surface area contributed by atoms with Crippen LogP contribution in [-0.4, -0.2) is 18.0 Å². The lowest BCUT2D eigenvalue weighted by molar-refractivity contribution is 0.456. The van der Waals surface area contributed by atoms with Gasteiger partial charge in [0.05, 0.1) is 17.4 Å². The zero-order valence-electron chi connectivity index (χ0n) is 22.1. The largest absolute Gasteiger partial charge is 0.453 e. The van der Waals surface area contributed by atoms with E-state index in [4.69, 9.17) is 71.2 Å². The number of ether oxygens (including phenoxy) is 1. The second-order valence-electron chi connectivity index (χ2n) is 10.5. The molecule has 0 aromatic heterocycles. The van der Waals surface area contributed by atoms with Crippen LogP contribution in [0.3, 0.4) is 0 Å². The second kappa shape index (κ2) is 12.3. The average Bonchev–Trinajstić information content (AvgIpc) is 2.80. The van der Waals surface area contributed by atoms with Gasteiger partial charge in [-0.2, -0.15) is 0 Å². The van der Waals surface area contributed by atoms with Crippen LogP contribution in [0.5, 0.6) is 11.5 Å². The highest BCUT2D eigenvalue weighted by molar-refractivity contribution is 7.65. The molecule has 1 aliphatic heterocycles. The van der Waals surface area contributed by atoms with Crippen LogP contribution in [0.25, 0.3) is 0 Å². The van der Waals surface area contributed by atoms with E-state index in [2.05, 4.69) is 75.1 Å². The molecule has 4 rings (SSSR count). The average molecular weight is 668 g/mol. The maximum atomic E-state index is 6.59. The minimum Gasteiger partial charge on any atom is -0.453 e. The summed E-state index contributed by atoms with van der Waals surface area (Å²) >= 11 is 36.7. The number of benzene rings is 2. The molecule has 2 atom stereocenters. The number of allylic oxidation sites excluding steroid dienone is 2. The maximum absolute atomic E-state index is 6.59. The lowest BCUT2D eigenvalue weighted by atomic mass is 9.80. The maximum Gasteiger partial charge on any atom is 0.341 e. The molecule has 2 nitrogen and oxygen atoms in total. The summed E-state index contributed by atoms with van der Waals surface area (Å²) in [6.07, 6.45) is 5.66. The van der Waals surface area contributed by atoms with Gasteiger partial charge in [-0.25, -0.2) is 0 Å². The number of fused-ring (bicyclic) bond motifs is 2. The molecule has 38 heavy (non-hydrogen) atoms. The number of nitrogens with zero attached hydrogens (tertiary/aromatic N) is 1. The number of hydrogen-bond acceptors (Lipinski definition) is 2. The smallest absolute Gasteiger partial charge is 0.341 e. The fourth-order valence-corrected chi connectivity index (χ4v) is 8.95. The summed E-state index contributed by atoms with van der Waals surface area (Å²) in [4.78, 5) is 2.46. The second-order valence-corrected chi connectivity index (χ2v) is 29.1. The van der Waals surface area contributed by atoms with Crippen LogP contribution in [0.4, 0.5) is 11.4 Å². The molecule has 2 aromatic rings. The van der Waals surface area contributed by atoms with Crippen molar-refractivity contribution >= 4 is 89.9 Å². The van der Waals surface area contributed by atoms with Gasteiger partial charge in [-0.3, -0.25) is 0 Å². The lowest BCUT2D eigenvalue weighted by Gasteiger charge is -2.44. The molecule has 1 aliphatic carbocycles. The van der Waals surface area contributed by atoms with Crippen molar-refractivity contribution in [3.63, 3.8) is 0 Å². The number of rotatable bonds is 9. The molecule has 0 saturated carbocycles. The van der Waals surface area contributed by atoms with Crippen molar-refractivity contribution in [2.24, 2.45) is 5.92 Å². The topological polar surface area (TPSA) is 12.5 Å². The van der Waals surface area contributed by atoms with Crippen LogP contribution in [-0.2, 0) is 12.8 Å². The SMILES string of the molecule is CC1=CC(C)=C(C)C(N2c3ccc(CCC[Si](Cl)(Cl)Cl)cc3Oc3cc(CCC[Si](Cl)(Cl)Cl)ccc32)C1C. The van der Waals surface area contributed by atoms with Gasteiger partial charge in [-0.05, 0) is 99.5 Å². The lowest BCUT2D eigenvalue weighted by Crippen LogP contribution is -2.41. The van der Waals surface area contributed by atoms with Crippen LogP contribution in [0.15, 0.2) is 59.2 Å². The summed E-state index contributed by atoms with van der Waals surface area (Å²) in [5, 5.41) is 0. The van der Waals surface area contributed by atoms with Crippen molar-refractivity contribution in [3.8, 4) is 11.5 Å². The first-order valence-electron chi connectivity index (χ1n) is 13.0. The summed E-state index contributed by atoms with van der Waals surface area (Å²) in [7, 11) is 0. The molecule has 0 amide bonds. The first-order valence-corrected chi connectivity index (χ1v) is 23.4. The van der Waals surface area contributed by atoms with E-state index in [1.54, 1.807) is 0 Å². The van der Waals surface area contributed by atoms with E-state index in [1.807, 2.05) is 0 Å². The Bertz CT molecular complexity index is 1180. The van der Waals surface area contributed by atoms with Crippen molar-refractivity contribution in [2.45, 2.75) is 71.5 Å². The third-order valence-electron chi connectivity index (χ3n) is 7.62. The van der Waals surface area contributed by atoms with Gasteiger partial charge in [-0.15, -0.1) is 66.5 Å². The Hall–Kier alpha value is -0.306. The van der Waals surface area contributed by atoms with E-state index in [-0.39, 0.29) is 6.04 Å². The molecule has 2 aliphatic rings. The molecule has 206 valence electrons. The van der Waals surface area contributed by atoms with Crippen LogP contribution in [0, 0.1) is 5.92 Å². The van der Waals surface area contributed by atoms with Crippen LogP contribution in [0.1, 0.15) is 51.7 Å². The van der Waals surface area contributed by atoms with Gasteiger partial charge in [0.15, 0.2) is 11.5 Å². The van der Waals surface area contributed by atoms with E-state index in [0.717, 1.165) is 48.6 Å². The standard InChI is InChI=1S/C28H33Cl6NOSi2/c1-18-15-19(2)21(4)28(20(18)3)35-24-11-9-22(7-5-13-37(29,30)31)16-26(24)36-27-17-23(10-12-25(27)35)8-6-14-38(32,33)34/h9-12,15-17,20,28H,5-8,13-14H2,1-4H3. The summed E-state index contributed by atoms with van der Waals surface area (Å²) in [5.74, 6) is 2.06. The Morgan fingerprint density at radius 2 is 1.24 bits per heavy atom. The van der Waals surface area contributed by atoms with Crippen molar-refractivity contribution in [3.05, 3.63) is 70.3 Å². The molecule has 0 saturated heterocycles. The summed E-state index contributed by atoms with van der Waals surface area (Å²) in [6, 6.07) is 9.21. The predicted molar refractivity (Wildman–Crippen MR) is 173 cm³/mol. The normalized spacial score (nSPS) is 19.6. The molecular weight excluding hydrogens is 635 g/mol. The van der Waals surface area contributed by atoms with Crippen molar-refractivity contribution in [1.29, 1.82) is 0 Å². The van der Waals surface area contributed by atoms with Crippen LogP contribution in [0.2, 0.25) is 12.1 Å². The van der Waals surface area contributed by atoms with Gasteiger partial charge in [0.25, 0.3) is 0 Å². The summed E-state index contributed by atoms with van der Waals surface area (Å²) in [5.41, 5.74) is 8.57. The van der Waals surface area contributed by atoms with Crippen molar-refractivity contribution in [1.82, 2.24) is 0 Å². The zero-order chi connectivity index (χ0) is 27.8. The highest BCUT2D eigenvalue weighted by Gasteiger charge is 2.37. The fourth-order valence-electron chi connectivity index (χ4n) is 5.38. The molecule has 0 radical (unpaired) electrons. The number of anilines is 2. The van der Waals surface area contributed by atoms with E-state index < -0.39 is 12.0 Å². The van der Waals surface area contributed by atoms with Gasteiger partial charge in [-0.1, -0.05) is 36.3 Å². The van der Waals surface area contributed by atoms with Crippen molar-refractivity contribution in [2.75, 3.05) is 4.90 Å². The van der Waals surface area contributed by atoms with E-state index in [0.29, 0.717) is 18.0 Å². The Morgan fingerprint density at radius 1 is 0.763 bits per heavy atom. The van der Waals surface area contributed by atoms with E-state index in [9.17, 15) is 0 Å². The molecule has 2 aromatic carbocycles. The molecule has 0 fully saturated rings. The Morgan fingerprint density at radius 3 is 1.68 bits per heavy atom. The minimum atomic E-state index is -2.63. The van der Waals surface area contributed by atoms with E-state index >= 15 is 0 Å². The monoisotopic (exact) mass is 665 g/mol. The quantitative estimate of drug-likeness (QED) is 0.195. The van der Waals surface area contributed by atoms with Gasteiger partial charge in [0.1, 0.15) is 0 Å².